The van der Waals surface area contributed by atoms with Crippen LogP contribution in [0.5, 0.6) is 0 Å². The Morgan fingerprint density at radius 2 is 1.58 bits per heavy atom. The summed E-state index contributed by atoms with van der Waals surface area (Å²) in [6.45, 7) is 0. The van der Waals surface area contributed by atoms with Crippen LogP contribution in [0.1, 0.15) is 37.5 Å². The van der Waals surface area contributed by atoms with Gasteiger partial charge in [0.25, 0.3) is 11.6 Å². The van der Waals surface area contributed by atoms with E-state index in [9.17, 15) is 39.2 Å². The van der Waals surface area contributed by atoms with E-state index < -0.39 is 45.4 Å². The maximum absolute atomic E-state index is 12.9. The summed E-state index contributed by atoms with van der Waals surface area (Å²) >= 11 is 1.14. The van der Waals surface area contributed by atoms with E-state index in [0.29, 0.717) is 10.6 Å². The van der Waals surface area contributed by atoms with Crippen molar-refractivity contribution in [3.05, 3.63) is 93.5 Å². The van der Waals surface area contributed by atoms with Crippen LogP contribution in [0.2, 0.25) is 0 Å². The van der Waals surface area contributed by atoms with Crippen molar-refractivity contribution < 1.29 is 39.1 Å². The number of nitrogens with one attached hydrogen (secondary N) is 1. The molecule has 3 aromatic carbocycles. The lowest BCUT2D eigenvalue weighted by molar-refractivity contribution is -0.384. The van der Waals surface area contributed by atoms with Crippen LogP contribution < -0.4 is 10.2 Å². The summed E-state index contributed by atoms with van der Waals surface area (Å²) in [5.74, 6) is -4.44. The Hall–Kier alpha value is -5.04. The Labute approximate surface area is 218 Å². The number of carbonyl (C=O) groups is 5. The number of non-ortho nitro benzene ring substituents is 1. The number of carboxylic acids is 2. The van der Waals surface area contributed by atoms with Crippen LogP contribution >= 0.6 is 11.8 Å². The van der Waals surface area contributed by atoms with Gasteiger partial charge in [-0.3, -0.25) is 24.5 Å². The maximum Gasteiger partial charge on any atom is 0.336 e. The lowest BCUT2D eigenvalue weighted by atomic mass is 10.0. The second-order valence-corrected chi connectivity index (χ2v) is 9.28. The molecule has 0 saturated carbocycles. The summed E-state index contributed by atoms with van der Waals surface area (Å²) in [5, 5.41) is 31.1. The van der Waals surface area contributed by atoms with E-state index in [0.717, 1.165) is 34.9 Å². The molecule has 1 heterocycles. The number of carbonyl (C=O) groups excluding carboxylic acids is 3. The minimum atomic E-state index is -1.46. The van der Waals surface area contributed by atoms with Crippen molar-refractivity contribution in [2.75, 3.05) is 10.2 Å². The smallest absolute Gasteiger partial charge is 0.336 e. The molecule has 192 valence electrons. The zero-order valence-electron chi connectivity index (χ0n) is 19.2. The molecule has 12 nitrogen and oxygen atoms in total. The van der Waals surface area contributed by atoms with Crippen molar-refractivity contribution in [1.29, 1.82) is 0 Å². The third-order valence-corrected chi connectivity index (χ3v) is 6.75. The molecule has 1 unspecified atom stereocenters. The van der Waals surface area contributed by atoms with Gasteiger partial charge in [0.1, 0.15) is 0 Å². The van der Waals surface area contributed by atoms with Crippen LogP contribution in [0.3, 0.4) is 0 Å². The third kappa shape index (κ3) is 5.37. The molecule has 3 N–H and O–H groups in total. The standard InChI is InChI=1S/C25H17N3O9S/c29-21-12-20(23(31)27(21)15-4-6-16(7-5-15)28(36)37)38-17-8-2-14(3-9-17)26-22(30)18-10-1-13(24(32)33)11-19(18)25(34)35/h1-11,20H,12H2,(H,26,30)(H,32,33)(H,34,35). The number of nitro groups is 1. The van der Waals surface area contributed by atoms with Crippen LogP contribution in [-0.4, -0.2) is 50.0 Å². The quantitative estimate of drug-likeness (QED) is 0.218. The molecule has 0 spiro atoms. The van der Waals surface area contributed by atoms with E-state index in [1.807, 2.05) is 0 Å². The van der Waals surface area contributed by atoms with Crippen LogP contribution in [0, 0.1) is 10.1 Å². The molecule has 1 aliphatic rings. The Morgan fingerprint density at radius 3 is 2.16 bits per heavy atom. The molecule has 1 aliphatic heterocycles. The molecule has 3 amide bonds. The summed E-state index contributed by atoms with van der Waals surface area (Å²) in [7, 11) is 0. The minimum Gasteiger partial charge on any atom is -0.478 e. The Balaban J connectivity index is 1.43. The average molecular weight is 535 g/mol. The molecular weight excluding hydrogens is 518 g/mol. The van der Waals surface area contributed by atoms with E-state index >= 15 is 0 Å². The fourth-order valence-corrected chi connectivity index (χ4v) is 4.78. The van der Waals surface area contributed by atoms with E-state index in [-0.39, 0.29) is 28.9 Å². The largest absolute Gasteiger partial charge is 0.478 e. The number of imide groups is 1. The van der Waals surface area contributed by atoms with Crippen LogP contribution in [0.4, 0.5) is 17.1 Å². The summed E-state index contributed by atoms with van der Waals surface area (Å²) in [4.78, 5) is 72.5. The molecule has 1 atom stereocenters. The lowest BCUT2D eigenvalue weighted by Crippen LogP contribution is -2.31. The fourth-order valence-electron chi connectivity index (χ4n) is 3.72. The van der Waals surface area contributed by atoms with E-state index in [4.69, 9.17) is 5.11 Å². The zero-order chi connectivity index (χ0) is 27.6. The first-order valence-electron chi connectivity index (χ1n) is 10.8. The number of aromatic carboxylic acids is 2. The molecule has 13 heteroatoms. The van der Waals surface area contributed by atoms with Crippen molar-refractivity contribution in [3.8, 4) is 0 Å². The predicted molar refractivity (Wildman–Crippen MR) is 135 cm³/mol. The van der Waals surface area contributed by atoms with Crippen molar-refractivity contribution in [2.45, 2.75) is 16.6 Å². The van der Waals surface area contributed by atoms with Crippen molar-refractivity contribution in [1.82, 2.24) is 0 Å². The average Bonchev–Trinajstić information content (AvgIpc) is 3.16. The fraction of sp³-hybridized carbons (Fsp3) is 0.0800. The zero-order valence-corrected chi connectivity index (χ0v) is 20.0. The monoisotopic (exact) mass is 535 g/mol. The van der Waals surface area contributed by atoms with Crippen molar-refractivity contribution in [2.24, 2.45) is 0 Å². The summed E-state index contributed by atoms with van der Waals surface area (Å²) < 4.78 is 0. The topological polar surface area (TPSA) is 184 Å². The highest BCUT2D eigenvalue weighted by Gasteiger charge is 2.40. The first kappa shape index (κ1) is 26.0. The van der Waals surface area contributed by atoms with E-state index in [1.165, 1.54) is 36.4 Å². The van der Waals surface area contributed by atoms with Crippen LogP contribution in [0.15, 0.2) is 71.6 Å². The molecule has 38 heavy (non-hydrogen) atoms. The number of hydrogen-bond acceptors (Lipinski definition) is 8. The Morgan fingerprint density at radius 1 is 0.921 bits per heavy atom. The number of rotatable bonds is 8. The van der Waals surface area contributed by atoms with Gasteiger partial charge < -0.3 is 15.5 Å². The van der Waals surface area contributed by atoms with E-state index in [1.54, 1.807) is 12.1 Å². The summed E-state index contributed by atoms with van der Waals surface area (Å²) in [5.41, 5.74) is -0.558. The normalized spacial score (nSPS) is 14.8. The van der Waals surface area contributed by atoms with E-state index in [2.05, 4.69) is 5.32 Å². The molecule has 4 rings (SSSR count). The maximum atomic E-state index is 12.9. The molecule has 0 radical (unpaired) electrons. The second-order valence-electron chi connectivity index (χ2n) is 8.00. The van der Waals surface area contributed by atoms with Gasteiger partial charge in [0, 0.05) is 29.1 Å². The molecule has 1 fully saturated rings. The Bertz CT molecular complexity index is 1490. The van der Waals surface area contributed by atoms with Crippen LogP contribution in [0.25, 0.3) is 0 Å². The first-order valence-corrected chi connectivity index (χ1v) is 11.7. The number of carboxylic acid groups (broad SMARTS) is 2. The number of hydrogen-bond donors (Lipinski definition) is 3. The lowest BCUT2D eigenvalue weighted by Gasteiger charge is -2.15. The van der Waals surface area contributed by atoms with Gasteiger partial charge in [-0.15, -0.1) is 11.8 Å². The van der Waals surface area contributed by atoms with Gasteiger partial charge in [0.2, 0.25) is 11.8 Å². The van der Waals surface area contributed by atoms with Gasteiger partial charge in [-0.2, -0.15) is 0 Å². The van der Waals surface area contributed by atoms with Gasteiger partial charge in [-0.1, -0.05) is 0 Å². The number of nitro benzene ring substituents is 1. The number of anilines is 2. The third-order valence-electron chi connectivity index (χ3n) is 5.56. The molecule has 0 aliphatic carbocycles. The number of thioether (sulfide) groups is 1. The van der Waals surface area contributed by atoms with Crippen molar-refractivity contribution in [3.63, 3.8) is 0 Å². The number of nitrogens with zero attached hydrogens (tertiary/aromatic N) is 2. The first-order chi connectivity index (χ1) is 18.0. The SMILES string of the molecule is O=C(O)c1ccc(C(=O)Nc2ccc(SC3CC(=O)N(c4ccc([N+](=O)[O-])cc4)C3=O)cc2)c(C(=O)O)c1. The van der Waals surface area contributed by atoms with Gasteiger partial charge >= 0.3 is 11.9 Å². The Kier molecular flexibility index (Phi) is 7.21. The molecular formula is C25H17N3O9S. The predicted octanol–water partition coefficient (Wildman–Crippen LogP) is 3.67. The van der Waals surface area contributed by atoms with Crippen LogP contribution in [-0.2, 0) is 9.59 Å². The molecule has 1 saturated heterocycles. The highest BCUT2D eigenvalue weighted by atomic mass is 32.2. The number of benzene rings is 3. The molecule has 3 aromatic rings. The molecule has 0 bridgehead atoms. The van der Waals surface area contributed by atoms with Gasteiger partial charge in [-0.05, 0) is 54.6 Å². The van der Waals surface area contributed by atoms with Gasteiger partial charge in [-0.25, -0.2) is 14.5 Å². The molecule has 0 aromatic heterocycles. The highest BCUT2D eigenvalue weighted by molar-refractivity contribution is 8.00. The number of amides is 3. The van der Waals surface area contributed by atoms with Gasteiger partial charge in [0.15, 0.2) is 0 Å². The summed E-state index contributed by atoms with van der Waals surface area (Å²) in [6, 6.07) is 14.5. The van der Waals surface area contributed by atoms with Crippen molar-refractivity contribution >= 4 is 58.5 Å². The highest BCUT2D eigenvalue weighted by Crippen LogP contribution is 2.35. The second kappa shape index (κ2) is 10.5. The minimum absolute atomic E-state index is 0.0662. The van der Waals surface area contributed by atoms with Gasteiger partial charge in [0.05, 0.1) is 32.6 Å². The summed E-state index contributed by atoms with van der Waals surface area (Å²) in [6.07, 6.45) is -0.0662.